The van der Waals surface area contributed by atoms with E-state index in [0.717, 1.165) is 0 Å². The maximum absolute atomic E-state index is 12.6. The lowest BCUT2D eigenvalue weighted by Crippen LogP contribution is -2.25. The summed E-state index contributed by atoms with van der Waals surface area (Å²) in [6.45, 7) is 6.67. The van der Waals surface area contributed by atoms with E-state index in [4.69, 9.17) is 9.47 Å². The zero-order chi connectivity index (χ0) is 19.4. The summed E-state index contributed by atoms with van der Waals surface area (Å²) in [4.78, 5) is 39.7. The first-order valence-electron chi connectivity index (χ1n) is 8.16. The molecule has 7 heteroatoms. The SMILES string of the molecule is CCOC(=O)c1c(C)[nH]c(C(=O)[C@@H](C)OC(=O)c2cccc(O)c2)c1C. The highest BCUT2D eigenvalue weighted by Crippen LogP contribution is 2.21. The number of phenols is 1. The van der Waals surface area contributed by atoms with Crippen LogP contribution in [0.4, 0.5) is 0 Å². The molecule has 1 atom stereocenters. The van der Waals surface area contributed by atoms with E-state index in [2.05, 4.69) is 4.98 Å². The van der Waals surface area contributed by atoms with Crippen molar-refractivity contribution in [2.24, 2.45) is 0 Å². The minimum Gasteiger partial charge on any atom is -0.508 e. The fourth-order valence-electron chi connectivity index (χ4n) is 2.62. The molecule has 138 valence electrons. The Balaban J connectivity index is 2.19. The summed E-state index contributed by atoms with van der Waals surface area (Å²) >= 11 is 0. The second kappa shape index (κ2) is 7.86. The molecule has 1 heterocycles. The molecular weight excluding hydrogens is 338 g/mol. The Kier molecular flexibility index (Phi) is 5.82. The quantitative estimate of drug-likeness (QED) is 0.607. The van der Waals surface area contributed by atoms with Gasteiger partial charge in [-0.15, -0.1) is 0 Å². The zero-order valence-electron chi connectivity index (χ0n) is 15.1. The van der Waals surface area contributed by atoms with Gasteiger partial charge >= 0.3 is 11.9 Å². The summed E-state index contributed by atoms with van der Waals surface area (Å²) in [5.74, 6) is -1.78. The van der Waals surface area contributed by atoms with Gasteiger partial charge in [-0.25, -0.2) is 9.59 Å². The van der Waals surface area contributed by atoms with Gasteiger partial charge in [-0.05, 0) is 51.5 Å². The number of aromatic amines is 1. The highest BCUT2D eigenvalue weighted by molar-refractivity contribution is 6.04. The van der Waals surface area contributed by atoms with Crippen molar-refractivity contribution in [2.45, 2.75) is 33.8 Å². The Bertz CT molecular complexity index is 852. The number of benzene rings is 1. The number of ether oxygens (including phenoxy) is 2. The third-order valence-corrected chi connectivity index (χ3v) is 3.90. The number of hydrogen-bond acceptors (Lipinski definition) is 6. The summed E-state index contributed by atoms with van der Waals surface area (Å²) in [6, 6.07) is 5.65. The van der Waals surface area contributed by atoms with Crippen LogP contribution in [0.5, 0.6) is 5.75 Å². The van der Waals surface area contributed by atoms with E-state index in [0.29, 0.717) is 16.8 Å². The zero-order valence-corrected chi connectivity index (χ0v) is 15.1. The van der Waals surface area contributed by atoms with Crippen molar-refractivity contribution in [1.82, 2.24) is 4.98 Å². The smallest absolute Gasteiger partial charge is 0.340 e. The number of Topliss-reactive ketones (excluding diaryl/α,β-unsaturated/α-hetero) is 1. The standard InChI is InChI=1S/C19H21NO6/c1-5-25-19(24)15-10(2)16(20-11(15)3)17(22)12(4)26-18(23)13-7-6-8-14(21)9-13/h6-9,12,20-21H,5H2,1-4H3/t12-/m1/s1. The molecule has 0 aliphatic heterocycles. The lowest BCUT2D eigenvalue weighted by atomic mass is 10.1. The van der Waals surface area contributed by atoms with Crippen molar-refractivity contribution in [3.63, 3.8) is 0 Å². The third-order valence-electron chi connectivity index (χ3n) is 3.90. The van der Waals surface area contributed by atoms with Crippen LogP contribution in [-0.2, 0) is 9.47 Å². The minimum atomic E-state index is -1.07. The molecule has 2 N–H and O–H groups in total. The molecule has 0 bridgehead atoms. The van der Waals surface area contributed by atoms with Gasteiger partial charge in [-0.2, -0.15) is 0 Å². The summed E-state index contributed by atoms with van der Waals surface area (Å²) in [7, 11) is 0. The van der Waals surface area contributed by atoms with E-state index in [9.17, 15) is 19.5 Å². The molecule has 0 saturated carbocycles. The molecule has 0 spiro atoms. The van der Waals surface area contributed by atoms with Gasteiger partial charge in [0.25, 0.3) is 0 Å². The van der Waals surface area contributed by atoms with E-state index in [1.807, 2.05) is 0 Å². The van der Waals surface area contributed by atoms with Gasteiger partial charge in [0.2, 0.25) is 5.78 Å². The Morgan fingerprint density at radius 2 is 1.88 bits per heavy atom. The van der Waals surface area contributed by atoms with Crippen LogP contribution in [0.15, 0.2) is 24.3 Å². The van der Waals surface area contributed by atoms with Crippen LogP contribution in [0.2, 0.25) is 0 Å². The topological polar surface area (TPSA) is 106 Å². The van der Waals surface area contributed by atoms with E-state index in [1.54, 1.807) is 20.8 Å². The summed E-state index contributed by atoms with van der Waals surface area (Å²) in [5.41, 5.74) is 1.60. The molecule has 26 heavy (non-hydrogen) atoms. The average molecular weight is 359 g/mol. The highest BCUT2D eigenvalue weighted by Gasteiger charge is 2.27. The van der Waals surface area contributed by atoms with Gasteiger partial charge in [-0.3, -0.25) is 4.79 Å². The van der Waals surface area contributed by atoms with Gasteiger partial charge in [-0.1, -0.05) is 6.07 Å². The molecule has 2 rings (SSSR count). The molecule has 0 unspecified atom stereocenters. The van der Waals surface area contributed by atoms with Crippen molar-refractivity contribution in [3.8, 4) is 5.75 Å². The Labute approximate surface area is 150 Å². The predicted octanol–water partition coefficient (Wildman–Crippen LogP) is 2.94. The predicted molar refractivity (Wildman–Crippen MR) is 93.5 cm³/mol. The number of nitrogens with one attached hydrogen (secondary N) is 1. The number of esters is 2. The fraction of sp³-hybridized carbons (Fsp3) is 0.316. The maximum atomic E-state index is 12.6. The van der Waals surface area contributed by atoms with Gasteiger partial charge in [0.1, 0.15) is 5.75 Å². The number of carbonyl (C=O) groups is 3. The number of aromatic nitrogens is 1. The lowest BCUT2D eigenvalue weighted by Gasteiger charge is -2.12. The lowest BCUT2D eigenvalue weighted by molar-refractivity contribution is 0.0316. The molecule has 0 aliphatic rings. The first kappa shape index (κ1) is 19.2. The summed E-state index contributed by atoms with van der Waals surface area (Å²) in [5, 5.41) is 9.43. The molecule has 1 aromatic heterocycles. The number of phenolic OH excluding ortho intramolecular Hbond substituents is 1. The highest BCUT2D eigenvalue weighted by atomic mass is 16.5. The van der Waals surface area contributed by atoms with E-state index >= 15 is 0 Å². The van der Waals surface area contributed by atoms with Gasteiger partial charge in [0, 0.05) is 5.69 Å². The molecule has 2 aromatic rings. The van der Waals surface area contributed by atoms with Crippen molar-refractivity contribution in [2.75, 3.05) is 6.61 Å². The van der Waals surface area contributed by atoms with Crippen LogP contribution < -0.4 is 0 Å². The molecule has 0 radical (unpaired) electrons. The number of aryl methyl sites for hydroxylation is 1. The second-order valence-corrected chi connectivity index (χ2v) is 5.81. The van der Waals surface area contributed by atoms with Crippen LogP contribution in [0, 0.1) is 13.8 Å². The van der Waals surface area contributed by atoms with Crippen LogP contribution in [-0.4, -0.2) is 40.5 Å². The average Bonchev–Trinajstić information content (AvgIpc) is 2.88. The van der Waals surface area contributed by atoms with E-state index < -0.39 is 23.8 Å². The van der Waals surface area contributed by atoms with E-state index in [1.165, 1.54) is 31.2 Å². The first-order valence-corrected chi connectivity index (χ1v) is 8.16. The number of ketones is 1. The largest absolute Gasteiger partial charge is 0.508 e. The van der Waals surface area contributed by atoms with Crippen LogP contribution in [0.3, 0.4) is 0 Å². The molecule has 7 nitrogen and oxygen atoms in total. The van der Waals surface area contributed by atoms with Crippen molar-refractivity contribution < 1.29 is 29.0 Å². The minimum absolute atomic E-state index is 0.0756. The summed E-state index contributed by atoms with van der Waals surface area (Å²) in [6.07, 6.45) is -1.07. The second-order valence-electron chi connectivity index (χ2n) is 5.81. The number of rotatable bonds is 6. The van der Waals surface area contributed by atoms with Crippen LogP contribution in [0.1, 0.15) is 56.3 Å². The maximum Gasteiger partial charge on any atom is 0.340 e. The van der Waals surface area contributed by atoms with Crippen molar-refractivity contribution in [1.29, 1.82) is 0 Å². The molecule has 0 saturated heterocycles. The van der Waals surface area contributed by atoms with Gasteiger partial charge < -0.3 is 19.6 Å². The number of aromatic hydroxyl groups is 1. The third kappa shape index (κ3) is 3.93. The van der Waals surface area contributed by atoms with Gasteiger partial charge in [0.15, 0.2) is 6.10 Å². The fourth-order valence-corrected chi connectivity index (χ4v) is 2.62. The van der Waals surface area contributed by atoms with Gasteiger partial charge in [0.05, 0.1) is 23.4 Å². The monoisotopic (exact) mass is 359 g/mol. The van der Waals surface area contributed by atoms with Crippen molar-refractivity contribution >= 4 is 17.7 Å². The van der Waals surface area contributed by atoms with Crippen LogP contribution in [0.25, 0.3) is 0 Å². The Hall–Kier alpha value is -3.09. The Morgan fingerprint density at radius 1 is 1.19 bits per heavy atom. The molecule has 0 amide bonds. The number of carbonyl (C=O) groups excluding carboxylic acids is 3. The molecule has 0 fully saturated rings. The normalized spacial score (nSPS) is 11.7. The molecule has 1 aromatic carbocycles. The van der Waals surface area contributed by atoms with Crippen LogP contribution >= 0.6 is 0 Å². The van der Waals surface area contributed by atoms with Crippen molar-refractivity contribution in [3.05, 3.63) is 52.3 Å². The first-order chi connectivity index (χ1) is 12.3. The molecule has 0 aliphatic carbocycles. The summed E-state index contributed by atoms with van der Waals surface area (Å²) < 4.78 is 10.2. The Morgan fingerprint density at radius 3 is 2.50 bits per heavy atom. The number of hydrogen-bond donors (Lipinski definition) is 2. The van der Waals surface area contributed by atoms with E-state index in [-0.39, 0.29) is 23.6 Å². The number of H-pyrrole nitrogens is 1. The molecular formula is C19H21NO6.